The van der Waals surface area contributed by atoms with E-state index in [9.17, 15) is 16.8 Å². The first-order chi connectivity index (χ1) is 28.6. The molecule has 0 bridgehead atoms. The monoisotopic (exact) mass is 892 g/mol. The van der Waals surface area contributed by atoms with E-state index in [2.05, 4.69) is 36.0 Å². The van der Waals surface area contributed by atoms with Crippen LogP contribution in [-0.4, -0.2) is 114 Å². The highest BCUT2D eigenvalue weighted by atomic mass is 32.2. The number of pyridine rings is 2. The van der Waals surface area contributed by atoms with Gasteiger partial charge in [0.25, 0.3) is 20.2 Å². The summed E-state index contributed by atoms with van der Waals surface area (Å²) in [7, 11) is -3.15. The molecule has 2 heterocycles. The van der Waals surface area contributed by atoms with Crippen LogP contribution in [-0.2, 0) is 20.2 Å². The Morgan fingerprint density at radius 1 is 0.557 bits per heavy atom. The van der Waals surface area contributed by atoms with Gasteiger partial charge in [-0.2, -0.15) is 16.8 Å². The quantitative estimate of drug-likeness (QED) is 0.0810. The Morgan fingerprint density at radius 2 is 0.836 bits per heavy atom. The minimum Gasteiger partial charge on any atom is -0.490 e. The van der Waals surface area contributed by atoms with Crippen molar-refractivity contribution in [2.24, 2.45) is 0 Å². The molecule has 340 valence electrons. The van der Waals surface area contributed by atoms with E-state index in [0.717, 1.165) is 53.4 Å². The van der Waals surface area contributed by atoms with Gasteiger partial charge in [0, 0.05) is 38.3 Å². The molecule has 2 aromatic carbocycles. The van der Waals surface area contributed by atoms with Gasteiger partial charge < -0.3 is 38.2 Å². The molecular formula is C43H64N4O12S2. The molecule has 0 aliphatic carbocycles. The fraction of sp³-hybridized carbons (Fsp3) is 0.488. The summed E-state index contributed by atoms with van der Waals surface area (Å²) in [5.74, 6) is 3.87. The van der Waals surface area contributed by atoms with Crippen LogP contribution in [0, 0.1) is 0 Å². The second kappa shape index (κ2) is 25.0. The maximum absolute atomic E-state index is 9.19. The van der Waals surface area contributed by atoms with E-state index in [4.69, 9.17) is 47.5 Å². The number of aromatic nitrogens is 2. The zero-order chi connectivity index (χ0) is 45.9. The van der Waals surface area contributed by atoms with Crippen LogP contribution in [0.2, 0.25) is 0 Å². The van der Waals surface area contributed by atoms with Crippen molar-refractivity contribution < 1.29 is 54.4 Å². The highest BCUT2D eigenvalue weighted by molar-refractivity contribution is 7.85. The van der Waals surface area contributed by atoms with Crippen LogP contribution in [0.15, 0.2) is 60.9 Å². The van der Waals surface area contributed by atoms with Crippen LogP contribution in [0.3, 0.4) is 0 Å². The van der Waals surface area contributed by atoms with Crippen LogP contribution in [0.4, 0.5) is 11.4 Å². The van der Waals surface area contributed by atoms with Gasteiger partial charge in [-0.25, -0.2) is 0 Å². The van der Waals surface area contributed by atoms with Crippen LogP contribution < -0.4 is 38.2 Å². The van der Waals surface area contributed by atoms with Crippen LogP contribution >= 0.6 is 0 Å². The number of anilines is 2. The van der Waals surface area contributed by atoms with E-state index < -0.39 is 20.2 Å². The Labute approximate surface area is 362 Å². The average molecular weight is 893 g/mol. The first-order valence-electron chi connectivity index (χ1n) is 20.0. The Bertz CT molecular complexity index is 1930. The highest BCUT2D eigenvalue weighted by Crippen LogP contribution is 2.43. The van der Waals surface area contributed by atoms with Gasteiger partial charge in [-0.3, -0.25) is 19.1 Å². The lowest BCUT2D eigenvalue weighted by atomic mass is 10.1. The third kappa shape index (κ3) is 19.5. The van der Waals surface area contributed by atoms with Gasteiger partial charge in [-0.15, -0.1) is 0 Å². The lowest BCUT2D eigenvalue weighted by molar-refractivity contribution is 0.207. The number of rotatable bonds is 20. The van der Waals surface area contributed by atoms with Gasteiger partial charge >= 0.3 is 0 Å². The topological polar surface area (TPSA) is 196 Å². The lowest BCUT2D eigenvalue weighted by Gasteiger charge is -2.23. The molecule has 16 nitrogen and oxygen atoms in total. The normalized spacial score (nSPS) is 11.1. The molecule has 2 aromatic heterocycles. The standard InChI is InChI=1S/C41H56N4O6.2CH4O3S/c1-11-46-36-22-30(23-37(47-12-2)40(36)50-28(5)6)34-18-16-32(26-42-34)44(9)20-15-21-45(10)33-17-19-35(43-27-33)31-24-38(48-13-3)41(51-29(7)8)39(25-31)49-14-4;2*1-5(2,3)4/h16-19,22-29H,11-15,20-21H2,1-10H3;2*1H3,(H,2,3,4). The Hall–Kier alpha value is -5.04. The third-order valence-corrected chi connectivity index (χ3v) is 7.90. The zero-order valence-electron chi connectivity index (χ0n) is 37.5. The van der Waals surface area contributed by atoms with Crippen molar-refractivity contribution in [2.75, 3.05) is 75.9 Å². The number of nitrogens with zero attached hydrogens (tertiary/aromatic N) is 4. The van der Waals surface area contributed by atoms with Crippen molar-refractivity contribution >= 4 is 31.6 Å². The molecular weight excluding hydrogens is 829 g/mol. The fourth-order valence-corrected chi connectivity index (χ4v) is 5.57. The van der Waals surface area contributed by atoms with Crippen molar-refractivity contribution in [1.82, 2.24) is 9.97 Å². The van der Waals surface area contributed by atoms with Gasteiger partial charge in [0.2, 0.25) is 11.5 Å². The van der Waals surface area contributed by atoms with Crippen molar-refractivity contribution in [3.05, 3.63) is 60.9 Å². The summed E-state index contributed by atoms with van der Waals surface area (Å²) in [6, 6.07) is 16.2. The minimum atomic E-state index is -3.67. The van der Waals surface area contributed by atoms with Crippen LogP contribution in [0.5, 0.6) is 34.5 Å². The molecule has 4 rings (SSSR count). The van der Waals surface area contributed by atoms with Crippen molar-refractivity contribution in [2.45, 2.75) is 74.0 Å². The second-order valence-electron chi connectivity index (χ2n) is 14.1. The average Bonchev–Trinajstić information content (AvgIpc) is 3.16. The largest absolute Gasteiger partial charge is 0.490 e. The molecule has 0 amide bonds. The molecule has 0 spiro atoms. The third-order valence-electron chi connectivity index (χ3n) is 7.90. The Kier molecular flexibility index (Phi) is 21.4. The molecule has 61 heavy (non-hydrogen) atoms. The van der Waals surface area contributed by atoms with Gasteiger partial charge in [0.05, 0.1) is 86.3 Å². The predicted octanol–water partition coefficient (Wildman–Crippen LogP) is 7.95. The molecule has 0 saturated heterocycles. The van der Waals surface area contributed by atoms with Gasteiger partial charge in [-0.05, 0) is 110 Å². The molecule has 0 aliphatic heterocycles. The lowest BCUT2D eigenvalue weighted by Crippen LogP contribution is -2.25. The summed E-state index contributed by atoms with van der Waals surface area (Å²) in [6.45, 7) is 19.6. The van der Waals surface area contributed by atoms with Gasteiger partial charge in [0.1, 0.15) is 0 Å². The number of hydrogen-bond acceptors (Lipinski definition) is 14. The van der Waals surface area contributed by atoms with Gasteiger partial charge in [0.15, 0.2) is 23.0 Å². The zero-order valence-corrected chi connectivity index (χ0v) is 39.1. The van der Waals surface area contributed by atoms with E-state index in [1.165, 1.54) is 0 Å². The Morgan fingerprint density at radius 3 is 1.05 bits per heavy atom. The molecule has 0 saturated carbocycles. The summed E-state index contributed by atoms with van der Waals surface area (Å²) in [6.07, 6.45) is 6.19. The summed E-state index contributed by atoms with van der Waals surface area (Å²) in [4.78, 5) is 14.0. The maximum atomic E-state index is 9.19. The fourth-order valence-electron chi connectivity index (χ4n) is 5.57. The van der Waals surface area contributed by atoms with Crippen molar-refractivity contribution in [1.29, 1.82) is 0 Å². The summed E-state index contributed by atoms with van der Waals surface area (Å²) in [5.41, 5.74) is 5.59. The molecule has 0 radical (unpaired) electrons. The van der Waals surface area contributed by atoms with E-state index in [1.807, 2.05) is 104 Å². The highest BCUT2D eigenvalue weighted by Gasteiger charge is 2.20. The first kappa shape index (κ1) is 52.1. The smallest absolute Gasteiger partial charge is 0.261 e. The van der Waals surface area contributed by atoms with E-state index in [1.54, 1.807) is 0 Å². The first-order valence-corrected chi connectivity index (χ1v) is 23.7. The summed E-state index contributed by atoms with van der Waals surface area (Å²) in [5, 5.41) is 0. The second-order valence-corrected chi connectivity index (χ2v) is 17.1. The SMILES string of the molecule is CCOc1cc(-c2ccc(N(C)CCCN(C)c3ccc(-c4cc(OCC)c(OC(C)C)c(OCC)c4)nc3)cn2)cc(OCC)c1OC(C)C.CS(=O)(=O)O.CS(=O)(=O)O. The molecule has 18 heteroatoms. The van der Waals surface area contributed by atoms with Crippen molar-refractivity contribution in [3.8, 4) is 57.0 Å². The number of ether oxygens (including phenoxy) is 6. The molecule has 0 atom stereocenters. The number of hydrogen-bond donors (Lipinski definition) is 2. The van der Waals surface area contributed by atoms with E-state index >= 15 is 0 Å². The molecule has 4 aromatic rings. The summed E-state index contributed by atoms with van der Waals surface area (Å²) < 4.78 is 87.7. The maximum Gasteiger partial charge on any atom is 0.261 e. The van der Waals surface area contributed by atoms with E-state index in [0.29, 0.717) is 73.4 Å². The molecule has 0 unspecified atom stereocenters. The van der Waals surface area contributed by atoms with Crippen LogP contribution in [0.1, 0.15) is 61.8 Å². The van der Waals surface area contributed by atoms with Gasteiger partial charge in [-0.1, -0.05) is 0 Å². The summed E-state index contributed by atoms with van der Waals surface area (Å²) >= 11 is 0. The van der Waals surface area contributed by atoms with E-state index in [-0.39, 0.29) is 12.2 Å². The number of benzene rings is 2. The molecule has 2 N–H and O–H groups in total. The van der Waals surface area contributed by atoms with Crippen molar-refractivity contribution in [3.63, 3.8) is 0 Å². The molecule has 0 aliphatic rings. The molecule has 0 fully saturated rings. The minimum absolute atomic E-state index is 0.0111. The van der Waals surface area contributed by atoms with Crippen LogP contribution in [0.25, 0.3) is 22.5 Å². The Balaban J connectivity index is 0.00000115. The predicted molar refractivity (Wildman–Crippen MR) is 242 cm³/mol.